The zero-order valence-electron chi connectivity index (χ0n) is 14.8. The van der Waals surface area contributed by atoms with Crippen LogP contribution < -0.4 is 20.5 Å². The Morgan fingerprint density at radius 2 is 2.22 bits per heavy atom. The topological polar surface area (TPSA) is 120 Å². The molecule has 0 aliphatic heterocycles. The van der Waals surface area contributed by atoms with Crippen molar-refractivity contribution in [3.63, 3.8) is 0 Å². The molecule has 1 aromatic carbocycles. The first kappa shape index (κ1) is 18.7. The molecule has 10 heteroatoms. The smallest absolute Gasteiger partial charge is 0.418 e. The summed E-state index contributed by atoms with van der Waals surface area (Å²) in [6.45, 7) is 2.52. The number of aromatic nitrogens is 4. The van der Waals surface area contributed by atoms with Gasteiger partial charge in [-0.15, -0.1) is 5.10 Å². The molecule has 0 unspecified atom stereocenters. The number of anilines is 1. The summed E-state index contributed by atoms with van der Waals surface area (Å²) < 4.78 is 12.5. The SMILES string of the molecule is Cc1cc(OC(=O)Nc2ccc(OCCN)c(-c3c(Cl)cnn3C)c2)n[nH]1. The zero-order valence-corrected chi connectivity index (χ0v) is 15.6. The van der Waals surface area contributed by atoms with Gasteiger partial charge in [-0.2, -0.15) is 5.10 Å². The normalized spacial score (nSPS) is 10.7. The van der Waals surface area contributed by atoms with E-state index in [0.717, 1.165) is 5.69 Å². The minimum Gasteiger partial charge on any atom is -0.492 e. The molecule has 2 aromatic heterocycles. The summed E-state index contributed by atoms with van der Waals surface area (Å²) in [5, 5.41) is 13.8. The van der Waals surface area contributed by atoms with Crippen LogP contribution in [0.5, 0.6) is 11.6 Å². The fraction of sp³-hybridized carbons (Fsp3) is 0.235. The number of rotatable bonds is 6. The number of hydrogen-bond donors (Lipinski definition) is 3. The zero-order chi connectivity index (χ0) is 19.4. The number of aryl methyl sites for hydroxylation is 2. The van der Waals surface area contributed by atoms with E-state index in [1.54, 1.807) is 36.0 Å². The van der Waals surface area contributed by atoms with Gasteiger partial charge in [0.05, 0.1) is 16.9 Å². The van der Waals surface area contributed by atoms with Crippen LogP contribution in [-0.2, 0) is 7.05 Å². The summed E-state index contributed by atoms with van der Waals surface area (Å²) in [6.07, 6.45) is 0.872. The van der Waals surface area contributed by atoms with E-state index in [0.29, 0.717) is 40.9 Å². The first-order valence-electron chi connectivity index (χ1n) is 8.13. The van der Waals surface area contributed by atoms with Crippen molar-refractivity contribution < 1.29 is 14.3 Å². The van der Waals surface area contributed by atoms with Crippen LogP contribution in [0.15, 0.2) is 30.5 Å². The lowest BCUT2D eigenvalue weighted by Crippen LogP contribution is -2.17. The van der Waals surface area contributed by atoms with Crippen molar-refractivity contribution in [2.45, 2.75) is 6.92 Å². The second-order valence-electron chi connectivity index (χ2n) is 5.72. The van der Waals surface area contributed by atoms with Crippen molar-refractivity contribution in [2.75, 3.05) is 18.5 Å². The Morgan fingerprint density at radius 1 is 1.41 bits per heavy atom. The lowest BCUT2D eigenvalue weighted by Gasteiger charge is -2.14. The van der Waals surface area contributed by atoms with E-state index < -0.39 is 6.09 Å². The molecule has 27 heavy (non-hydrogen) atoms. The summed E-state index contributed by atoms with van der Waals surface area (Å²) in [5.74, 6) is 0.760. The molecule has 142 valence electrons. The molecule has 4 N–H and O–H groups in total. The number of H-pyrrole nitrogens is 1. The number of nitrogens with one attached hydrogen (secondary N) is 2. The first-order chi connectivity index (χ1) is 13.0. The number of nitrogens with zero attached hydrogens (tertiary/aromatic N) is 3. The molecule has 0 saturated carbocycles. The van der Waals surface area contributed by atoms with Gasteiger partial charge in [-0.1, -0.05) is 11.6 Å². The molecule has 0 bridgehead atoms. The van der Waals surface area contributed by atoms with E-state index in [9.17, 15) is 4.79 Å². The number of amides is 1. The van der Waals surface area contributed by atoms with Gasteiger partial charge in [-0.25, -0.2) is 4.79 Å². The molecule has 0 atom stereocenters. The highest BCUT2D eigenvalue weighted by atomic mass is 35.5. The number of benzene rings is 1. The molecule has 0 saturated heterocycles. The predicted molar refractivity (Wildman–Crippen MR) is 101 cm³/mol. The van der Waals surface area contributed by atoms with E-state index in [1.165, 1.54) is 6.20 Å². The van der Waals surface area contributed by atoms with E-state index in [2.05, 4.69) is 20.6 Å². The van der Waals surface area contributed by atoms with Gasteiger partial charge in [-0.05, 0) is 25.1 Å². The number of hydrogen-bond acceptors (Lipinski definition) is 6. The standard InChI is InChI=1S/C17H19ClN6O3/c1-10-7-15(23-22-10)27-17(25)21-11-3-4-14(26-6-5-19)12(8-11)16-13(18)9-20-24(16)2/h3-4,7-9H,5-6,19H2,1-2H3,(H,21,25)(H,22,23). The summed E-state index contributed by atoms with van der Waals surface area (Å²) in [7, 11) is 1.77. The lowest BCUT2D eigenvalue weighted by molar-refractivity contribution is 0.213. The van der Waals surface area contributed by atoms with Gasteiger partial charge in [-0.3, -0.25) is 15.1 Å². The molecule has 2 heterocycles. The second-order valence-corrected chi connectivity index (χ2v) is 6.12. The highest BCUT2D eigenvalue weighted by Crippen LogP contribution is 2.36. The van der Waals surface area contributed by atoms with Gasteiger partial charge in [0.1, 0.15) is 12.4 Å². The molecule has 0 aliphatic carbocycles. The van der Waals surface area contributed by atoms with Gasteiger partial charge < -0.3 is 15.2 Å². The largest absolute Gasteiger partial charge is 0.492 e. The third-order valence-corrected chi connectivity index (χ3v) is 3.91. The van der Waals surface area contributed by atoms with E-state index in [1.807, 2.05) is 6.92 Å². The number of ether oxygens (including phenoxy) is 2. The van der Waals surface area contributed by atoms with Crippen LogP contribution in [0.25, 0.3) is 11.3 Å². The molecular weight excluding hydrogens is 372 g/mol. The average Bonchev–Trinajstić information content (AvgIpc) is 3.18. The summed E-state index contributed by atoms with van der Waals surface area (Å²) in [4.78, 5) is 12.1. The molecule has 0 spiro atoms. The van der Waals surface area contributed by atoms with Crippen LogP contribution >= 0.6 is 11.6 Å². The van der Waals surface area contributed by atoms with Gasteiger partial charge in [0.25, 0.3) is 0 Å². The minimum atomic E-state index is -0.667. The molecule has 0 radical (unpaired) electrons. The minimum absolute atomic E-state index is 0.183. The van der Waals surface area contributed by atoms with Crippen molar-refractivity contribution in [3.8, 4) is 22.9 Å². The Balaban J connectivity index is 1.86. The monoisotopic (exact) mass is 390 g/mol. The highest BCUT2D eigenvalue weighted by Gasteiger charge is 2.17. The quantitative estimate of drug-likeness (QED) is 0.595. The number of carbonyl (C=O) groups is 1. The molecule has 0 fully saturated rings. The molecular formula is C17H19ClN6O3. The molecule has 3 aromatic rings. The van der Waals surface area contributed by atoms with Gasteiger partial charge in [0.15, 0.2) is 0 Å². The van der Waals surface area contributed by atoms with Crippen molar-refractivity contribution in [3.05, 3.63) is 41.2 Å². The maximum atomic E-state index is 12.1. The lowest BCUT2D eigenvalue weighted by atomic mass is 10.1. The Kier molecular flexibility index (Phi) is 5.63. The molecule has 9 nitrogen and oxygen atoms in total. The van der Waals surface area contributed by atoms with Crippen molar-refractivity contribution >= 4 is 23.4 Å². The van der Waals surface area contributed by atoms with Gasteiger partial charge in [0.2, 0.25) is 5.88 Å². The fourth-order valence-electron chi connectivity index (χ4n) is 2.48. The van der Waals surface area contributed by atoms with E-state index in [4.69, 9.17) is 26.8 Å². The summed E-state index contributed by atoms with van der Waals surface area (Å²) in [6, 6.07) is 6.76. The molecule has 0 aliphatic rings. The third kappa shape index (κ3) is 4.39. The van der Waals surface area contributed by atoms with Crippen LogP contribution in [-0.4, -0.2) is 39.2 Å². The number of nitrogens with two attached hydrogens (primary N) is 1. The number of aromatic amines is 1. The van der Waals surface area contributed by atoms with Crippen molar-refractivity contribution in [1.29, 1.82) is 0 Å². The maximum Gasteiger partial charge on any atom is 0.418 e. The van der Waals surface area contributed by atoms with Crippen molar-refractivity contribution in [2.24, 2.45) is 12.8 Å². The number of halogens is 1. The fourth-order valence-corrected chi connectivity index (χ4v) is 2.75. The summed E-state index contributed by atoms with van der Waals surface area (Å²) >= 11 is 6.27. The van der Waals surface area contributed by atoms with Crippen LogP contribution in [0, 0.1) is 6.92 Å². The van der Waals surface area contributed by atoms with E-state index in [-0.39, 0.29) is 5.88 Å². The van der Waals surface area contributed by atoms with Crippen molar-refractivity contribution in [1.82, 2.24) is 20.0 Å². The summed E-state index contributed by atoms with van der Waals surface area (Å²) in [5.41, 5.74) is 8.13. The first-order valence-corrected chi connectivity index (χ1v) is 8.51. The highest BCUT2D eigenvalue weighted by molar-refractivity contribution is 6.33. The maximum absolute atomic E-state index is 12.1. The van der Waals surface area contributed by atoms with Crippen LogP contribution in [0.4, 0.5) is 10.5 Å². The predicted octanol–water partition coefficient (Wildman–Crippen LogP) is 2.72. The van der Waals surface area contributed by atoms with Gasteiger partial charge in [0, 0.05) is 36.6 Å². The van der Waals surface area contributed by atoms with Crippen LogP contribution in [0.2, 0.25) is 5.02 Å². The Hall–Kier alpha value is -3.04. The Morgan fingerprint density at radius 3 is 2.85 bits per heavy atom. The van der Waals surface area contributed by atoms with Gasteiger partial charge >= 0.3 is 6.09 Å². The molecule has 1 amide bonds. The average molecular weight is 391 g/mol. The van der Waals surface area contributed by atoms with E-state index >= 15 is 0 Å². The molecule has 3 rings (SSSR count). The van der Waals surface area contributed by atoms with Crippen LogP contribution in [0.3, 0.4) is 0 Å². The Labute approximate surface area is 160 Å². The third-order valence-electron chi connectivity index (χ3n) is 3.63. The number of carbonyl (C=O) groups excluding carboxylic acids is 1. The second kappa shape index (κ2) is 8.11. The Bertz CT molecular complexity index is 933. The van der Waals surface area contributed by atoms with Crippen LogP contribution in [0.1, 0.15) is 5.69 Å².